The van der Waals surface area contributed by atoms with Gasteiger partial charge in [-0.25, -0.2) is 9.57 Å². The summed E-state index contributed by atoms with van der Waals surface area (Å²) in [6.45, 7) is 7.90. The minimum absolute atomic E-state index is 0.0632. The van der Waals surface area contributed by atoms with Crippen molar-refractivity contribution in [3.63, 3.8) is 0 Å². The largest absolute Gasteiger partial charge is 0.393 e. The van der Waals surface area contributed by atoms with Crippen LogP contribution in [0.5, 0.6) is 0 Å². The third kappa shape index (κ3) is 14.2. The van der Waals surface area contributed by atoms with Crippen LogP contribution < -0.4 is 5.32 Å². The molecule has 0 spiro atoms. The Bertz CT molecular complexity index is 2590. The van der Waals surface area contributed by atoms with Gasteiger partial charge >= 0.3 is 0 Å². The molecule has 3 aromatic carbocycles. The number of rotatable bonds is 19. The number of fused-ring (bicyclic) bond motifs is 1. The number of aromatic nitrogens is 1. The van der Waals surface area contributed by atoms with Crippen molar-refractivity contribution in [2.24, 2.45) is 27.2 Å². The predicted molar refractivity (Wildman–Crippen MR) is 280 cm³/mol. The van der Waals surface area contributed by atoms with Gasteiger partial charge < -0.3 is 25.0 Å². The second-order valence-corrected chi connectivity index (χ2v) is 20.3. The van der Waals surface area contributed by atoms with Crippen LogP contribution >= 0.6 is 0 Å². The number of likely N-dealkylation sites (tertiary alicyclic amines) is 1. The maximum absolute atomic E-state index is 13.1. The first-order chi connectivity index (χ1) is 33.9. The molecular formula is C58H72N7O5+. The van der Waals surface area contributed by atoms with Crippen molar-refractivity contribution in [2.45, 2.75) is 136 Å². The van der Waals surface area contributed by atoms with E-state index >= 15 is 0 Å². The van der Waals surface area contributed by atoms with Gasteiger partial charge in [0.05, 0.1) is 36.6 Å². The number of carbonyl (C=O) groups is 3. The van der Waals surface area contributed by atoms with E-state index in [1.54, 1.807) is 11.2 Å². The number of β-amino-alcohol motifs (C(OH)–C–C–N with tert-alkyl or cyclic N) is 1. The highest BCUT2D eigenvalue weighted by Gasteiger charge is 2.37. The first-order valence-corrected chi connectivity index (χ1v) is 25.6. The van der Waals surface area contributed by atoms with E-state index in [0.29, 0.717) is 51.3 Å². The van der Waals surface area contributed by atoms with Crippen LogP contribution in [0.2, 0.25) is 0 Å². The maximum atomic E-state index is 13.1. The number of aliphatic hydroxyl groups is 2. The van der Waals surface area contributed by atoms with Crippen LogP contribution in [0.25, 0.3) is 22.4 Å². The Morgan fingerprint density at radius 2 is 1.54 bits per heavy atom. The number of benzene rings is 3. The molecule has 0 radical (unpaired) electrons. The van der Waals surface area contributed by atoms with Crippen molar-refractivity contribution in [3.05, 3.63) is 102 Å². The monoisotopic (exact) mass is 947 g/mol. The van der Waals surface area contributed by atoms with Gasteiger partial charge in [-0.3, -0.25) is 14.4 Å². The standard InChI is InChI=1S/C58H71N7O5/c1-58(2,3)49(57(70)63-35-33-48(67)40-63)37-61-51(69)28-17-6-4-5-16-27-50(68)60-34-18-8-7-11-20-42-21-19-22-44(36-42)39-65-54(46-25-14-10-15-26-46)52(45-23-12-9-13-24-45)53-55(59)64(41-62-56(53)65)38-43-29-31-47(66)32-30-43/h9-10,12-15,19,21-26,36-38,41,43,47-49,59,66-67H,4-8,16-18,27-35,39-40H2,1-3H3/p+1/t43?,47?,48-,49?/m1/s1. The number of amides is 3. The quantitative estimate of drug-likeness (QED) is 0.0318. The molecule has 12 heteroatoms. The normalized spacial score (nSPS) is 19.0. The Hall–Kier alpha value is -6.29. The molecule has 4 aromatic rings. The number of hydrogen-bond donors (Lipinski definition) is 4. The number of carbonyl (C=O) groups excluding carboxylic acids is 3. The molecule has 1 aromatic heterocycles. The summed E-state index contributed by atoms with van der Waals surface area (Å²) in [5.74, 6) is 7.36. The average molecular weight is 947 g/mol. The molecule has 1 saturated heterocycles. The third-order valence-corrected chi connectivity index (χ3v) is 13.6. The second-order valence-electron chi connectivity index (χ2n) is 20.3. The Labute approximate surface area is 414 Å². The molecule has 3 aliphatic rings. The first kappa shape index (κ1) is 51.6. The van der Waals surface area contributed by atoms with Crippen LogP contribution in [-0.4, -0.2) is 98.4 Å². The summed E-state index contributed by atoms with van der Waals surface area (Å²) in [5.41, 5.74) is 6.49. The van der Waals surface area contributed by atoms with Crippen molar-refractivity contribution in [3.8, 4) is 34.2 Å². The fourth-order valence-electron chi connectivity index (χ4n) is 9.66. The molecule has 3 amide bonds. The van der Waals surface area contributed by atoms with Crippen LogP contribution in [0.15, 0.2) is 94.9 Å². The third-order valence-electron chi connectivity index (χ3n) is 13.6. The molecule has 70 heavy (non-hydrogen) atoms. The number of unbranched alkanes of at least 4 members (excludes halogenated alkanes) is 6. The average Bonchev–Trinajstić information content (AvgIpc) is 3.94. The molecule has 0 bridgehead atoms. The van der Waals surface area contributed by atoms with Crippen LogP contribution in [0.1, 0.15) is 134 Å². The van der Waals surface area contributed by atoms with Crippen molar-refractivity contribution in [1.29, 1.82) is 5.41 Å². The molecular weight excluding hydrogens is 875 g/mol. The topological polar surface area (TPSA) is 163 Å². The summed E-state index contributed by atoms with van der Waals surface area (Å²) in [4.78, 5) is 49.0. The molecule has 368 valence electrons. The molecule has 12 nitrogen and oxygen atoms in total. The zero-order chi connectivity index (χ0) is 49.5. The van der Waals surface area contributed by atoms with Gasteiger partial charge in [0.2, 0.25) is 29.9 Å². The van der Waals surface area contributed by atoms with E-state index in [-0.39, 0.29) is 29.7 Å². The summed E-state index contributed by atoms with van der Waals surface area (Å²) in [5, 5.41) is 32.6. The van der Waals surface area contributed by atoms with E-state index in [2.05, 4.69) is 69.3 Å². The zero-order valence-corrected chi connectivity index (χ0v) is 41.4. The number of nitrogens with one attached hydrogen (secondary N) is 2. The molecule has 1 unspecified atom stereocenters. The summed E-state index contributed by atoms with van der Waals surface area (Å²) >= 11 is 0. The molecule has 7 rings (SSSR count). The van der Waals surface area contributed by atoms with E-state index in [1.165, 1.54) is 6.21 Å². The molecule has 2 fully saturated rings. The van der Waals surface area contributed by atoms with Gasteiger partial charge in [0.15, 0.2) is 0 Å². The molecule has 4 N–H and O–H groups in total. The van der Waals surface area contributed by atoms with Crippen molar-refractivity contribution in [1.82, 2.24) is 14.8 Å². The van der Waals surface area contributed by atoms with Crippen LogP contribution in [0.4, 0.5) is 5.82 Å². The van der Waals surface area contributed by atoms with Gasteiger partial charge in [-0.15, -0.1) is 0 Å². The minimum Gasteiger partial charge on any atom is -0.393 e. The lowest BCUT2D eigenvalue weighted by Gasteiger charge is -2.30. The number of amidine groups is 1. The summed E-state index contributed by atoms with van der Waals surface area (Å²) in [6, 6.07) is 29.0. The summed E-state index contributed by atoms with van der Waals surface area (Å²) < 4.78 is 4.12. The lowest BCUT2D eigenvalue weighted by Crippen LogP contribution is -2.41. The SMILES string of the molecule is CC(C)(C)C(C=NC(=O)CCCCCCCC(=O)NCCCCC#Cc1cccc(Cn2c3c(c(-c4ccccc4)c2-c2ccccc2)C(=N)[N+](=CC2CCC(O)CC2)C=N3)c1)C(=O)N1CC[C@@H](O)C1. The highest BCUT2D eigenvalue weighted by atomic mass is 16.3. The van der Waals surface area contributed by atoms with E-state index in [9.17, 15) is 30.0 Å². The smallest absolute Gasteiger partial charge is 0.271 e. The Balaban J connectivity index is 0.863. The fraction of sp³-hybridized carbons (Fsp3) is 0.466. The van der Waals surface area contributed by atoms with Gasteiger partial charge in [-0.05, 0) is 92.0 Å². The van der Waals surface area contributed by atoms with Crippen molar-refractivity contribution in [2.75, 3.05) is 19.6 Å². The second kappa shape index (κ2) is 25.0. The molecule has 3 heterocycles. The van der Waals surface area contributed by atoms with Gasteiger partial charge in [0.25, 0.3) is 5.84 Å². The number of nitrogens with zero attached hydrogens (tertiary/aromatic N) is 5. The minimum atomic E-state index is -0.521. The van der Waals surface area contributed by atoms with Crippen molar-refractivity contribution >= 4 is 48.1 Å². The molecule has 1 aliphatic carbocycles. The van der Waals surface area contributed by atoms with E-state index in [1.807, 2.05) is 73.9 Å². The highest BCUT2D eigenvalue weighted by Crippen LogP contribution is 2.45. The van der Waals surface area contributed by atoms with E-state index in [0.717, 1.165) is 122 Å². The number of hydrogen-bond acceptors (Lipinski definition) is 7. The fourth-order valence-corrected chi connectivity index (χ4v) is 9.66. The van der Waals surface area contributed by atoms with Gasteiger partial charge in [-0.2, -0.15) is 5.41 Å². The highest BCUT2D eigenvalue weighted by molar-refractivity contribution is 6.11. The van der Waals surface area contributed by atoms with E-state index in [4.69, 9.17) is 4.99 Å². The Kier molecular flexibility index (Phi) is 18.4. The zero-order valence-electron chi connectivity index (χ0n) is 41.4. The number of aliphatic imine (C=N–C) groups is 2. The first-order valence-electron chi connectivity index (χ1n) is 25.6. The molecule has 2 atom stereocenters. The van der Waals surface area contributed by atoms with Crippen LogP contribution in [0.3, 0.4) is 0 Å². The lowest BCUT2D eigenvalue weighted by atomic mass is 9.80. The Morgan fingerprint density at radius 3 is 2.24 bits per heavy atom. The van der Waals surface area contributed by atoms with Gasteiger partial charge in [0, 0.05) is 62.2 Å². The van der Waals surface area contributed by atoms with Crippen LogP contribution in [-0.2, 0) is 20.9 Å². The van der Waals surface area contributed by atoms with Crippen molar-refractivity contribution < 1.29 is 29.2 Å². The maximum Gasteiger partial charge on any atom is 0.271 e. The Morgan fingerprint density at radius 1 is 0.843 bits per heavy atom. The molecule has 2 aliphatic heterocycles. The molecule has 1 saturated carbocycles. The predicted octanol–water partition coefficient (Wildman–Crippen LogP) is 9.73. The summed E-state index contributed by atoms with van der Waals surface area (Å²) in [6.07, 6.45) is 16.1. The van der Waals surface area contributed by atoms with Gasteiger partial charge in [0.1, 0.15) is 5.56 Å². The number of aliphatic hydroxyl groups excluding tert-OH is 2. The van der Waals surface area contributed by atoms with Crippen LogP contribution in [0, 0.1) is 34.5 Å². The lowest BCUT2D eigenvalue weighted by molar-refractivity contribution is -0.256. The summed E-state index contributed by atoms with van der Waals surface area (Å²) in [7, 11) is 0. The van der Waals surface area contributed by atoms with E-state index < -0.39 is 17.4 Å². The van der Waals surface area contributed by atoms with Gasteiger partial charge in [-0.1, -0.05) is 130 Å².